The zero-order valence-electron chi connectivity index (χ0n) is 16.0. The highest BCUT2D eigenvalue weighted by atomic mass is 16.3. The third-order valence-corrected chi connectivity index (χ3v) is 5.57. The molecule has 0 saturated heterocycles. The van der Waals surface area contributed by atoms with Crippen LogP contribution in [0.5, 0.6) is 0 Å². The van der Waals surface area contributed by atoms with Gasteiger partial charge in [-0.2, -0.15) is 0 Å². The van der Waals surface area contributed by atoms with Crippen LogP contribution in [0.2, 0.25) is 0 Å². The number of hydrogen-bond acceptors (Lipinski definition) is 4. The molecule has 5 rings (SSSR count). The molecule has 3 aromatic rings. The molecule has 2 aliphatic heterocycles. The first-order valence-electron chi connectivity index (χ1n) is 9.92. The molecular weight excluding hydrogens is 366 g/mol. The number of para-hydroxylation sites is 1. The number of carbonyl (C=O) groups excluding carboxylic acids is 2. The maximum absolute atomic E-state index is 12.8. The number of hydrogen-bond donors (Lipinski definition) is 1. The lowest BCUT2D eigenvalue weighted by molar-refractivity contribution is -0.126. The molecule has 0 aliphatic carbocycles. The molecule has 2 aromatic heterocycles. The molecule has 0 atom stereocenters. The minimum absolute atomic E-state index is 0.00501. The molecule has 2 aliphatic rings. The monoisotopic (exact) mass is 387 g/mol. The molecule has 6 heteroatoms. The second kappa shape index (κ2) is 7.20. The first-order chi connectivity index (χ1) is 14.2. The molecule has 0 radical (unpaired) electrons. The first-order valence-corrected chi connectivity index (χ1v) is 9.92. The van der Waals surface area contributed by atoms with Gasteiger partial charge in [0.15, 0.2) is 0 Å². The number of aromatic nitrogens is 1. The van der Waals surface area contributed by atoms with Crippen molar-refractivity contribution in [2.45, 2.75) is 32.2 Å². The van der Waals surface area contributed by atoms with Crippen LogP contribution in [-0.2, 0) is 29.0 Å². The van der Waals surface area contributed by atoms with Crippen molar-refractivity contribution >= 4 is 34.7 Å². The number of anilines is 1. The van der Waals surface area contributed by atoms with Crippen LogP contribution in [0, 0.1) is 0 Å². The number of pyridine rings is 1. The van der Waals surface area contributed by atoms with Crippen molar-refractivity contribution in [3.8, 4) is 0 Å². The molecule has 146 valence electrons. The van der Waals surface area contributed by atoms with Crippen LogP contribution < -0.4 is 5.32 Å². The molecule has 6 nitrogen and oxygen atoms in total. The Morgan fingerprint density at radius 2 is 2.10 bits per heavy atom. The number of fused-ring (bicyclic) bond motifs is 4. The fraction of sp³-hybridized carbons (Fsp3) is 0.261. The topological polar surface area (TPSA) is 75.4 Å². The maximum atomic E-state index is 12.8. The van der Waals surface area contributed by atoms with E-state index in [9.17, 15) is 9.59 Å². The van der Waals surface area contributed by atoms with Crippen molar-refractivity contribution in [1.29, 1.82) is 0 Å². The largest absolute Gasteiger partial charge is 0.459 e. The van der Waals surface area contributed by atoms with Gasteiger partial charge in [0.2, 0.25) is 11.8 Å². The van der Waals surface area contributed by atoms with Crippen molar-refractivity contribution in [2.24, 2.45) is 0 Å². The Hall–Kier alpha value is -3.41. The number of aryl methyl sites for hydroxylation is 2. The van der Waals surface area contributed by atoms with E-state index in [0.717, 1.165) is 40.7 Å². The minimum Gasteiger partial charge on any atom is -0.459 e. The van der Waals surface area contributed by atoms with Crippen LogP contribution in [-0.4, -0.2) is 28.2 Å². The van der Waals surface area contributed by atoms with Crippen LogP contribution in [0.3, 0.4) is 0 Å². The first kappa shape index (κ1) is 17.7. The summed E-state index contributed by atoms with van der Waals surface area (Å²) in [6.45, 7) is 1.19. The van der Waals surface area contributed by atoms with E-state index >= 15 is 0 Å². The van der Waals surface area contributed by atoms with E-state index in [1.54, 1.807) is 18.3 Å². The van der Waals surface area contributed by atoms with Crippen molar-refractivity contribution in [3.05, 3.63) is 65.1 Å². The van der Waals surface area contributed by atoms with Crippen molar-refractivity contribution < 1.29 is 14.0 Å². The van der Waals surface area contributed by atoms with E-state index in [1.807, 2.05) is 29.2 Å². The highest BCUT2D eigenvalue weighted by molar-refractivity contribution is 5.94. The van der Waals surface area contributed by atoms with Gasteiger partial charge in [0.1, 0.15) is 17.2 Å². The van der Waals surface area contributed by atoms with Gasteiger partial charge in [-0.3, -0.25) is 9.59 Å². The van der Waals surface area contributed by atoms with Crippen LogP contribution in [0.1, 0.15) is 35.3 Å². The zero-order valence-corrected chi connectivity index (χ0v) is 16.0. The van der Waals surface area contributed by atoms with Crippen molar-refractivity contribution in [3.63, 3.8) is 0 Å². The summed E-state index contributed by atoms with van der Waals surface area (Å²) in [5.41, 5.74) is 3.96. The molecular formula is C23H21N3O3. The zero-order chi connectivity index (χ0) is 19.8. The fourth-order valence-electron chi connectivity index (χ4n) is 4.08. The Balaban J connectivity index is 1.33. The lowest BCUT2D eigenvalue weighted by Crippen LogP contribution is -2.28. The number of nitrogens with zero attached hydrogens (tertiary/aromatic N) is 2. The number of rotatable bonds is 2. The van der Waals surface area contributed by atoms with E-state index in [1.165, 1.54) is 5.56 Å². The summed E-state index contributed by atoms with van der Waals surface area (Å²) < 4.78 is 6.02. The minimum atomic E-state index is -0.0377. The second-order valence-electron chi connectivity index (χ2n) is 7.52. The van der Waals surface area contributed by atoms with Gasteiger partial charge in [-0.15, -0.1) is 0 Å². The molecule has 29 heavy (non-hydrogen) atoms. The lowest BCUT2D eigenvalue weighted by atomic mass is 10.0. The van der Waals surface area contributed by atoms with E-state index in [0.29, 0.717) is 31.7 Å². The van der Waals surface area contributed by atoms with E-state index in [2.05, 4.69) is 16.4 Å². The molecule has 4 heterocycles. The number of carbonyl (C=O) groups is 2. The third kappa shape index (κ3) is 3.42. The SMILES string of the molecule is O=C1CCc2cc(/C=C/C(=O)N3CCCc4c(oc5ccccc45)C3)cnc2N1. The average molecular weight is 387 g/mol. The maximum Gasteiger partial charge on any atom is 0.246 e. The van der Waals surface area contributed by atoms with Crippen molar-refractivity contribution in [1.82, 2.24) is 9.88 Å². The average Bonchev–Trinajstić information content (AvgIpc) is 2.94. The van der Waals surface area contributed by atoms with Crippen LogP contribution in [0.4, 0.5) is 5.82 Å². The van der Waals surface area contributed by atoms with Gasteiger partial charge in [-0.1, -0.05) is 18.2 Å². The van der Waals surface area contributed by atoms with E-state index in [4.69, 9.17) is 4.42 Å². The molecule has 0 spiro atoms. The predicted octanol–water partition coefficient (Wildman–Crippen LogP) is 3.70. The van der Waals surface area contributed by atoms with Crippen LogP contribution >= 0.6 is 0 Å². The normalized spacial score (nSPS) is 16.4. The summed E-state index contributed by atoms with van der Waals surface area (Å²) >= 11 is 0. The number of furan rings is 1. The summed E-state index contributed by atoms with van der Waals surface area (Å²) in [5, 5.41) is 3.92. The lowest BCUT2D eigenvalue weighted by Gasteiger charge is -2.18. The highest BCUT2D eigenvalue weighted by Gasteiger charge is 2.22. The van der Waals surface area contributed by atoms with Gasteiger partial charge < -0.3 is 14.6 Å². The summed E-state index contributed by atoms with van der Waals surface area (Å²) in [4.78, 5) is 30.4. The Morgan fingerprint density at radius 3 is 3.03 bits per heavy atom. The Bertz CT molecular complexity index is 1150. The van der Waals surface area contributed by atoms with Gasteiger partial charge >= 0.3 is 0 Å². The van der Waals surface area contributed by atoms with Gasteiger partial charge in [0, 0.05) is 36.2 Å². The number of benzene rings is 1. The molecule has 1 N–H and O–H groups in total. The van der Waals surface area contributed by atoms with Crippen molar-refractivity contribution in [2.75, 3.05) is 11.9 Å². The highest BCUT2D eigenvalue weighted by Crippen LogP contribution is 2.30. The molecule has 0 saturated carbocycles. The van der Waals surface area contributed by atoms with Crippen LogP contribution in [0.25, 0.3) is 17.0 Å². The fourth-order valence-corrected chi connectivity index (χ4v) is 4.08. The molecule has 2 amide bonds. The van der Waals surface area contributed by atoms with Gasteiger partial charge in [-0.25, -0.2) is 4.98 Å². The number of nitrogens with one attached hydrogen (secondary N) is 1. The molecule has 0 bridgehead atoms. The van der Waals surface area contributed by atoms with Gasteiger partial charge in [0.05, 0.1) is 6.54 Å². The standard InChI is InChI=1S/C23H21N3O3/c27-21-9-8-16-12-15(13-24-23(16)25-21)7-10-22(28)26-11-3-5-18-17-4-1-2-6-19(17)29-20(18)14-26/h1-2,4,6-7,10,12-13H,3,5,8-9,11,14H2,(H,24,25,27)/b10-7+. The quantitative estimate of drug-likeness (QED) is 0.681. The molecule has 0 unspecified atom stereocenters. The molecule has 0 fully saturated rings. The summed E-state index contributed by atoms with van der Waals surface area (Å²) in [6.07, 6.45) is 8.03. The summed E-state index contributed by atoms with van der Waals surface area (Å²) in [7, 11) is 0. The Morgan fingerprint density at radius 1 is 1.21 bits per heavy atom. The summed E-state index contributed by atoms with van der Waals surface area (Å²) in [6, 6.07) is 10.0. The Kier molecular flexibility index (Phi) is 4.39. The van der Waals surface area contributed by atoms with E-state index in [-0.39, 0.29) is 11.8 Å². The van der Waals surface area contributed by atoms with Crippen LogP contribution in [0.15, 0.2) is 47.0 Å². The number of amides is 2. The van der Waals surface area contributed by atoms with E-state index < -0.39 is 0 Å². The predicted molar refractivity (Wildman–Crippen MR) is 110 cm³/mol. The second-order valence-corrected chi connectivity index (χ2v) is 7.52. The summed E-state index contributed by atoms with van der Waals surface area (Å²) in [5.74, 6) is 1.46. The Labute approximate surface area is 168 Å². The van der Waals surface area contributed by atoms with Gasteiger partial charge in [-0.05, 0) is 48.6 Å². The third-order valence-electron chi connectivity index (χ3n) is 5.57. The van der Waals surface area contributed by atoms with Gasteiger partial charge in [0.25, 0.3) is 0 Å². The smallest absolute Gasteiger partial charge is 0.246 e. The molecule has 1 aromatic carbocycles.